The van der Waals surface area contributed by atoms with Gasteiger partial charge in [-0.15, -0.1) is 0 Å². The Kier molecular flexibility index (Phi) is 5.77. The number of anilines is 1. The Bertz CT molecular complexity index is 1050. The van der Waals surface area contributed by atoms with Gasteiger partial charge in [0.15, 0.2) is 0 Å². The lowest BCUT2D eigenvalue weighted by Crippen LogP contribution is -2.29. The number of sulfonamides is 1. The lowest BCUT2D eigenvalue weighted by atomic mass is 9.95. The van der Waals surface area contributed by atoms with Gasteiger partial charge in [0.25, 0.3) is 15.9 Å². The average molecular weight is 415 g/mol. The number of carbonyl (C=O) groups is 1. The second-order valence-corrected chi connectivity index (χ2v) is 9.68. The fraction of sp³-hybridized carbons (Fsp3) is 0.435. The normalized spacial score (nSPS) is 14.3. The number of aryl methyl sites for hydroxylation is 1. The molecule has 156 valence electrons. The molecular weight excluding hydrogens is 384 g/mol. The molecule has 0 spiro atoms. The van der Waals surface area contributed by atoms with Crippen molar-refractivity contribution in [3.8, 4) is 0 Å². The van der Waals surface area contributed by atoms with Crippen molar-refractivity contribution < 1.29 is 13.2 Å². The smallest absolute Gasteiger partial charge is 0.262 e. The summed E-state index contributed by atoms with van der Waals surface area (Å²) in [6.07, 6.45) is 1.97. The van der Waals surface area contributed by atoms with Gasteiger partial charge in [0.2, 0.25) is 0 Å². The van der Waals surface area contributed by atoms with Gasteiger partial charge < -0.3 is 4.90 Å². The molecule has 29 heavy (non-hydrogen) atoms. The second-order valence-electron chi connectivity index (χ2n) is 8.06. The first-order valence-electron chi connectivity index (χ1n) is 10.0. The zero-order valence-corrected chi connectivity index (χ0v) is 19.0. The molecule has 0 bridgehead atoms. The van der Waals surface area contributed by atoms with Crippen LogP contribution in [-0.2, 0) is 10.0 Å². The Balaban J connectivity index is 2.10. The summed E-state index contributed by atoms with van der Waals surface area (Å²) in [4.78, 5) is 15.1. The summed E-state index contributed by atoms with van der Waals surface area (Å²) in [7, 11) is -3.86. The van der Waals surface area contributed by atoms with Crippen LogP contribution in [0.2, 0.25) is 0 Å². The van der Waals surface area contributed by atoms with Gasteiger partial charge in [0, 0.05) is 13.1 Å². The third-order valence-corrected chi connectivity index (χ3v) is 7.96. The molecule has 2 aromatic rings. The maximum atomic E-state index is 13.5. The molecule has 6 heteroatoms. The number of hydrogen-bond donors (Lipinski definition) is 1. The first kappa shape index (κ1) is 21.4. The molecule has 0 aliphatic carbocycles. The van der Waals surface area contributed by atoms with Crippen molar-refractivity contribution in [2.45, 2.75) is 59.3 Å². The maximum Gasteiger partial charge on any atom is 0.262 e. The van der Waals surface area contributed by atoms with Crippen LogP contribution in [0.25, 0.3) is 0 Å². The Morgan fingerprint density at radius 1 is 0.862 bits per heavy atom. The minimum Gasteiger partial charge on any atom is -0.339 e. The van der Waals surface area contributed by atoms with Gasteiger partial charge in [-0.05, 0) is 93.8 Å². The zero-order valence-electron chi connectivity index (χ0n) is 18.1. The van der Waals surface area contributed by atoms with E-state index in [0.717, 1.165) is 46.2 Å². The van der Waals surface area contributed by atoms with Gasteiger partial charge in [0.1, 0.15) is 0 Å². The number of amides is 1. The Morgan fingerprint density at radius 3 is 1.93 bits per heavy atom. The molecule has 1 heterocycles. The highest BCUT2D eigenvalue weighted by Gasteiger charge is 2.28. The van der Waals surface area contributed by atoms with Crippen LogP contribution in [0.15, 0.2) is 23.1 Å². The predicted octanol–water partition coefficient (Wildman–Crippen LogP) is 4.57. The molecule has 0 radical (unpaired) electrons. The highest BCUT2D eigenvalue weighted by molar-refractivity contribution is 7.92. The van der Waals surface area contributed by atoms with Crippen LogP contribution in [0.5, 0.6) is 0 Å². The first-order chi connectivity index (χ1) is 13.6. The van der Waals surface area contributed by atoms with Crippen molar-refractivity contribution in [2.75, 3.05) is 17.8 Å². The summed E-state index contributed by atoms with van der Waals surface area (Å²) in [5.74, 6) is -0.117. The minimum absolute atomic E-state index is 0.117. The average Bonchev–Trinajstić information content (AvgIpc) is 3.20. The summed E-state index contributed by atoms with van der Waals surface area (Å²) in [5, 5.41) is 0. The van der Waals surface area contributed by atoms with Crippen LogP contribution >= 0.6 is 0 Å². The number of carbonyl (C=O) groups excluding carboxylic acids is 1. The van der Waals surface area contributed by atoms with Crippen LogP contribution < -0.4 is 4.72 Å². The van der Waals surface area contributed by atoms with Crippen molar-refractivity contribution in [1.29, 1.82) is 0 Å². The molecule has 1 aliphatic heterocycles. The van der Waals surface area contributed by atoms with Crippen LogP contribution in [0, 0.1) is 41.5 Å². The van der Waals surface area contributed by atoms with E-state index in [4.69, 9.17) is 0 Å². The van der Waals surface area contributed by atoms with E-state index in [1.54, 1.807) is 17.0 Å². The van der Waals surface area contributed by atoms with E-state index in [9.17, 15) is 13.2 Å². The molecule has 1 amide bonds. The van der Waals surface area contributed by atoms with Gasteiger partial charge in [-0.25, -0.2) is 8.42 Å². The topological polar surface area (TPSA) is 66.5 Å². The highest BCUT2D eigenvalue weighted by atomic mass is 32.2. The number of likely N-dealkylation sites (tertiary alicyclic amines) is 1. The second kappa shape index (κ2) is 7.82. The molecule has 5 nitrogen and oxygen atoms in total. The Morgan fingerprint density at radius 2 is 1.38 bits per heavy atom. The van der Waals surface area contributed by atoms with Crippen LogP contribution in [-0.4, -0.2) is 32.3 Å². The van der Waals surface area contributed by atoms with Crippen molar-refractivity contribution in [3.05, 3.63) is 57.1 Å². The molecule has 1 aliphatic rings. The van der Waals surface area contributed by atoms with Gasteiger partial charge in [0.05, 0.1) is 16.1 Å². The van der Waals surface area contributed by atoms with Crippen molar-refractivity contribution in [2.24, 2.45) is 0 Å². The van der Waals surface area contributed by atoms with Gasteiger partial charge in [-0.1, -0.05) is 12.1 Å². The van der Waals surface area contributed by atoms with E-state index in [2.05, 4.69) is 4.72 Å². The van der Waals surface area contributed by atoms with E-state index < -0.39 is 10.0 Å². The predicted molar refractivity (Wildman–Crippen MR) is 117 cm³/mol. The van der Waals surface area contributed by atoms with Gasteiger partial charge >= 0.3 is 0 Å². The van der Waals surface area contributed by atoms with Crippen molar-refractivity contribution >= 4 is 21.6 Å². The Hall–Kier alpha value is -2.34. The maximum absolute atomic E-state index is 13.5. The summed E-state index contributed by atoms with van der Waals surface area (Å²) in [6.45, 7) is 12.9. The molecule has 1 saturated heterocycles. The molecule has 2 aromatic carbocycles. The third-order valence-electron chi connectivity index (χ3n) is 6.33. The number of para-hydroxylation sites is 1. The van der Waals surface area contributed by atoms with Crippen LogP contribution in [0.1, 0.15) is 56.6 Å². The molecule has 1 N–H and O–H groups in total. The lowest BCUT2D eigenvalue weighted by molar-refractivity contribution is 0.0794. The van der Waals surface area contributed by atoms with Gasteiger partial charge in [-0.2, -0.15) is 0 Å². The number of rotatable bonds is 4. The fourth-order valence-corrected chi connectivity index (χ4v) is 5.88. The molecule has 0 saturated carbocycles. The van der Waals surface area contributed by atoms with Gasteiger partial charge in [-0.3, -0.25) is 9.52 Å². The monoisotopic (exact) mass is 414 g/mol. The molecule has 0 aromatic heterocycles. The summed E-state index contributed by atoms with van der Waals surface area (Å²) in [5.41, 5.74) is 6.08. The van der Waals surface area contributed by atoms with E-state index in [1.807, 2.05) is 47.6 Å². The number of benzene rings is 2. The zero-order chi connectivity index (χ0) is 21.5. The standard InChI is InChI=1S/C23H30N2O3S/c1-14-10-9-11-20(23(26)25-12-7-8-13-25)21(14)24-29(27,28)22-18(5)16(3)15(2)17(4)19(22)6/h9-11,24H,7-8,12-13H2,1-6H3. The van der Waals surface area contributed by atoms with Crippen molar-refractivity contribution in [3.63, 3.8) is 0 Å². The SMILES string of the molecule is Cc1cccc(C(=O)N2CCCC2)c1NS(=O)(=O)c1c(C)c(C)c(C)c(C)c1C. The quantitative estimate of drug-likeness (QED) is 0.797. The minimum atomic E-state index is -3.86. The first-order valence-corrected chi connectivity index (χ1v) is 11.5. The lowest BCUT2D eigenvalue weighted by Gasteiger charge is -2.22. The van der Waals surface area contributed by atoms with E-state index >= 15 is 0 Å². The van der Waals surface area contributed by atoms with Crippen LogP contribution in [0.3, 0.4) is 0 Å². The molecule has 3 rings (SSSR count). The third kappa shape index (κ3) is 3.78. The van der Waals surface area contributed by atoms with Crippen LogP contribution in [0.4, 0.5) is 5.69 Å². The molecule has 0 atom stereocenters. The fourth-order valence-electron chi connectivity index (χ4n) is 4.13. The molecular formula is C23H30N2O3S. The van der Waals surface area contributed by atoms with E-state index in [0.29, 0.717) is 29.2 Å². The summed E-state index contributed by atoms with van der Waals surface area (Å²) < 4.78 is 29.7. The number of nitrogens with one attached hydrogen (secondary N) is 1. The highest BCUT2D eigenvalue weighted by Crippen LogP contribution is 2.32. The molecule has 0 unspecified atom stereocenters. The van der Waals surface area contributed by atoms with Crippen molar-refractivity contribution in [1.82, 2.24) is 4.90 Å². The number of hydrogen-bond acceptors (Lipinski definition) is 3. The molecule has 1 fully saturated rings. The van der Waals surface area contributed by atoms with E-state index in [1.165, 1.54) is 0 Å². The largest absolute Gasteiger partial charge is 0.339 e. The Labute approximate surface area is 174 Å². The van der Waals surface area contributed by atoms with E-state index in [-0.39, 0.29) is 5.91 Å². The number of nitrogens with zero attached hydrogens (tertiary/aromatic N) is 1. The summed E-state index contributed by atoms with van der Waals surface area (Å²) >= 11 is 0. The summed E-state index contributed by atoms with van der Waals surface area (Å²) in [6, 6.07) is 5.33.